The summed E-state index contributed by atoms with van der Waals surface area (Å²) >= 11 is 0. The molecule has 0 spiro atoms. The van der Waals surface area contributed by atoms with Gasteiger partial charge in [0.2, 0.25) is 0 Å². The lowest BCUT2D eigenvalue weighted by Crippen LogP contribution is -2.33. The Bertz CT molecular complexity index is 409. The van der Waals surface area contributed by atoms with E-state index in [4.69, 9.17) is 14.2 Å². The maximum atomic E-state index is 12.3. The molecular weight excluding hydrogens is 256 g/mol. The number of hydrogen-bond acceptors (Lipinski definition) is 4. The van der Waals surface area contributed by atoms with Crippen LogP contribution in [-0.4, -0.2) is 37.0 Å². The first-order chi connectivity index (χ1) is 9.61. The minimum atomic E-state index is -0.00233. The van der Waals surface area contributed by atoms with Crippen LogP contribution in [0.3, 0.4) is 0 Å². The van der Waals surface area contributed by atoms with Crippen molar-refractivity contribution < 1.29 is 19.0 Å². The predicted molar refractivity (Wildman–Crippen MR) is 72.1 cm³/mol. The van der Waals surface area contributed by atoms with Gasteiger partial charge in [0, 0.05) is 0 Å². The zero-order chi connectivity index (χ0) is 13.9. The average Bonchev–Trinajstić information content (AvgIpc) is 3.29. The minimum absolute atomic E-state index is 0.00233. The van der Waals surface area contributed by atoms with Gasteiger partial charge in [-0.1, -0.05) is 13.8 Å². The number of hydrogen-bond donors (Lipinski definition) is 0. The van der Waals surface area contributed by atoms with E-state index >= 15 is 0 Å². The fraction of sp³-hybridized carbons (Fsp3) is 0.938. The van der Waals surface area contributed by atoms with E-state index in [2.05, 4.69) is 13.8 Å². The molecule has 2 saturated heterocycles. The fourth-order valence-corrected chi connectivity index (χ4v) is 4.15. The van der Waals surface area contributed by atoms with Gasteiger partial charge in [0.25, 0.3) is 0 Å². The number of fused-ring (bicyclic) bond motifs is 2. The summed E-state index contributed by atoms with van der Waals surface area (Å²) in [4.78, 5) is 12.3. The SMILES string of the molecule is C[C@H]1C[C@@H]2O[C@H]2C[C@@H]1COC(=O)[C@@H]1C[C@H]2O[C@H]2C[C@@H]1C. The van der Waals surface area contributed by atoms with Crippen molar-refractivity contribution in [2.75, 3.05) is 6.61 Å². The molecule has 4 fully saturated rings. The number of carbonyl (C=O) groups excluding carboxylic acids is 1. The molecule has 2 aliphatic heterocycles. The summed E-state index contributed by atoms with van der Waals surface area (Å²) in [7, 11) is 0. The normalized spacial score (nSPS) is 52.7. The quantitative estimate of drug-likeness (QED) is 0.587. The van der Waals surface area contributed by atoms with Crippen LogP contribution in [0.2, 0.25) is 0 Å². The van der Waals surface area contributed by atoms with Gasteiger partial charge in [0.15, 0.2) is 0 Å². The van der Waals surface area contributed by atoms with E-state index in [0.29, 0.717) is 48.8 Å². The van der Waals surface area contributed by atoms with E-state index in [0.717, 1.165) is 25.7 Å². The molecule has 4 heteroatoms. The number of carbonyl (C=O) groups is 1. The van der Waals surface area contributed by atoms with E-state index in [1.165, 1.54) is 0 Å². The van der Waals surface area contributed by atoms with E-state index in [1.807, 2.05) is 0 Å². The second-order valence-corrected chi connectivity index (χ2v) is 7.32. The zero-order valence-corrected chi connectivity index (χ0v) is 12.3. The van der Waals surface area contributed by atoms with Crippen molar-refractivity contribution in [2.24, 2.45) is 23.7 Å². The Balaban J connectivity index is 1.29. The van der Waals surface area contributed by atoms with Gasteiger partial charge in [-0.25, -0.2) is 0 Å². The summed E-state index contributed by atoms with van der Waals surface area (Å²) in [6.07, 6.45) is 5.77. The summed E-state index contributed by atoms with van der Waals surface area (Å²) in [5, 5.41) is 0. The van der Waals surface area contributed by atoms with Gasteiger partial charge in [-0.2, -0.15) is 0 Å². The fourth-order valence-electron chi connectivity index (χ4n) is 4.15. The first kappa shape index (κ1) is 13.1. The number of epoxide rings is 2. The molecule has 0 aromatic carbocycles. The van der Waals surface area contributed by atoms with Gasteiger partial charge >= 0.3 is 5.97 Å². The highest BCUT2D eigenvalue weighted by Gasteiger charge is 2.50. The van der Waals surface area contributed by atoms with Crippen molar-refractivity contribution in [3.05, 3.63) is 0 Å². The first-order valence-electron chi connectivity index (χ1n) is 8.09. The monoisotopic (exact) mass is 280 g/mol. The van der Waals surface area contributed by atoms with E-state index in [-0.39, 0.29) is 11.9 Å². The topological polar surface area (TPSA) is 51.4 Å². The van der Waals surface area contributed by atoms with Gasteiger partial charge < -0.3 is 14.2 Å². The van der Waals surface area contributed by atoms with Crippen LogP contribution in [0.4, 0.5) is 0 Å². The molecule has 2 heterocycles. The van der Waals surface area contributed by atoms with E-state index in [1.54, 1.807) is 0 Å². The molecule has 0 aromatic rings. The molecule has 20 heavy (non-hydrogen) atoms. The summed E-state index contributed by atoms with van der Waals surface area (Å²) in [6.45, 7) is 4.97. The number of ether oxygens (including phenoxy) is 3. The van der Waals surface area contributed by atoms with E-state index < -0.39 is 0 Å². The third kappa shape index (κ3) is 2.37. The van der Waals surface area contributed by atoms with E-state index in [9.17, 15) is 4.79 Å². The van der Waals surface area contributed by atoms with Crippen LogP contribution < -0.4 is 0 Å². The predicted octanol–water partition coefficient (Wildman–Crippen LogP) is 2.16. The van der Waals surface area contributed by atoms with Crippen molar-refractivity contribution in [3.63, 3.8) is 0 Å². The van der Waals surface area contributed by atoms with Crippen molar-refractivity contribution >= 4 is 5.97 Å². The molecule has 4 aliphatic rings. The van der Waals surface area contributed by atoms with Crippen LogP contribution >= 0.6 is 0 Å². The lowest BCUT2D eigenvalue weighted by molar-refractivity contribution is -0.153. The number of esters is 1. The second kappa shape index (κ2) is 4.70. The van der Waals surface area contributed by atoms with Crippen LogP contribution in [0.1, 0.15) is 39.5 Å². The summed E-state index contributed by atoms with van der Waals surface area (Å²) in [5.74, 6) is 1.52. The van der Waals surface area contributed by atoms with Crippen LogP contribution in [-0.2, 0) is 19.0 Å². The molecule has 112 valence electrons. The summed E-state index contributed by atoms with van der Waals surface area (Å²) in [5.41, 5.74) is 0. The summed E-state index contributed by atoms with van der Waals surface area (Å²) in [6, 6.07) is 0. The van der Waals surface area contributed by atoms with Gasteiger partial charge in [0.05, 0.1) is 36.9 Å². The van der Waals surface area contributed by atoms with Crippen LogP contribution in [0.15, 0.2) is 0 Å². The Morgan fingerprint density at radius 3 is 2.30 bits per heavy atom. The van der Waals surface area contributed by atoms with Crippen LogP contribution in [0.25, 0.3) is 0 Å². The molecule has 0 radical (unpaired) electrons. The number of rotatable bonds is 3. The molecule has 4 rings (SSSR count). The molecule has 0 amide bonds. The Labute approximate surface area is 120 Å². The minimum Gasteiger partial charge on any atom is -0.465 e. The Morgan fingerprint density at radius 1 is 0.950 bits per heavy atom. The van der Waals surface area contributed by atoms with Crippen molar-refractivity contribution in [3.8, 4) is 0 Å². The van der Waals surface area contributed by atoms with Gasteiger partial charge in [0.1, 0.15) is 0 Å². The maximum absolute atomic E-state index is 12.3. The Hall–Kier alpha value is -0.610. The lowest BCUT2D eigenvalue weighted by Gasteiger charge is -2.28. The third-order valence-corrected chi connectivity index (χ3v) is 5.84. The zero-order valence-electron chi connectivity index (χ0n) is 12.3. The molecule has 0 bridgehead atoms. The van der Waals surface area contributed by atoms with Crippen LogP contribution in [0, 0.1) is 23.7 Å². The Morgan fingerprint density at radius 2 is 1.55 bits per heavy atom. The second-order valence-electron chi connectivity index (χ2n) is 7.32. The molecule has 2 saturated carbocycles. The molecule has 2 aliphatic carbocycles. The van der Waals surface area contributed by atoms with Gasteiger partial charge in [-0.05, 0) is 43.4 Å². The highest BCUT2D eigenvalue weighted by atomic mass is 16.6. The molecule has 8 atom stereocenters. The van der Waals surface area contributed by atoms with Gasteiger partial charge in [-0.15, -0.1) is 0 Å². The molecule has 0 unspecified atom stereocenters. The smallest absolute Gasteiger partial charge is 0.309 e. The largest absolute Gasteiger partial charge is 0.465 e. The van der Waals surface area contributed by atoms with Crippen LogP contribution in [0.5, 0.6) is 0 Å². The maximum Gasteiger partial charge on any atom is 0.309 e. The van der Waals surface area contributed by atoms with Crippen molar-refractivity contribution in [1.29, 1.82) is 0 Å². The first-order valence-corrected chi connectivity index (χ1v) is 8.09. The molecule has 0 aromatic heterocycles. The average molecular weight is 280 g/mol. The van der Waals surface area contributed by atoms with Crippen molar-refractivity contribution in [1.82, 2.24) is 0 Å². The lowest BCUT2D eigenvalue weighted by atomic mass is 9.80. The third-order valence-electron chi connectivity index (χ3n) is 5.84. The van der Waals surface area contributed by atoms with Gasteiger partial charge in [-0.3, -0.25) is 4.79 Å². The molecular formula is C16H24O4. The van der Waals surface area contributed by atoms with Crippen molar-refractivity contribution in [2.45, 2.75) is 63.9 Å². The standard InChI is InChI=1S/C16H24O4/c1-8-3-12-14(19-12)5-10(8)7-18-16(17)11-6-15-13(20-15)4-9(11)2/h8-15H,3-7H2,1-2H3/t8-,9-,10+,11+,12-,13-,14-,15+/m0/s1. The summed E-state index contributed by atoms with van der Waals surface area (Å²) < 4.78 is 16.8. The highest BCUT2D eigenvalue weighted by molar-refractivity contribution is 5.73. The molecule has 4 nitrogen and oxygen atoms in total. The highest BCUT2D eigenvalue weighted by Crippen LogP contribution is 2.44. The molecule has 0 N–H and O–H groups in total. The Kier molecular flexibility index (Phi) is 3.08.